The fourth-order valence-corrected chi connectivity index (χ4v) is 2.66. The molecule has 7 heteroatoms. The van der Waals surface area contributed by atoms with Gasteiger partial charge in [0.1, 0.15) is 5.82 Å². The number of amides is 1. The minimum Gasteiger partial charge on any atom is -0.340 e. The molecule has 1 aromatic heterocycles. The molecular formula is C19H12Cl2N4O. The van der Waals surface area contributed by atoms with Crippen molar-refractivity contribution in [3.05, 3.63) is 82.0 Å². The fraction of sp³-hybridized carbons (Fsp3) is 0. The molecule has 1 heterocycles. The average molecular weight is 383 g/mol. The van der Waals surface area contributed by atoms with Gasteiger partial charge in [0, 0.05) is 22.5 Å². The van der Waals surface area contributed by atoms with E-state index in [0.717, 1.165) is 5.69 Å². The van der Waals surface area contributed by atoms with Crippen molar-refractivity contribution in [1.82, 2.24) is 4.98 Å². The predicted molar refractivity (Wildman–Crippen MR) is 103 cm³/mol. The van der Waals surface area contributed by atoms with Gasteiger partial charge < -0.3 is 10.6 Å². The lowest BCUT2D eigenvalue weighted by Gasteiger charge is -2.09. The minimum atomic E-state index is -0.320. The van der Waals surface area contributed by atoms with Gasteiger partial charge in [-0.1, -0.05) is 23.2 Å². The number of nitrogens with zero attached hydrogens (tertiary/aromatic N) is 2. The largest absolute Gasteiger partial charge is 0.340 e. The Kier molecular flexibility index (Phi) is 5.37. The monoisotopic (exact) mass is 382 g/mol. The van der Waals surface area contributed by atoms with Crippen molar-refractivity contribution in [2.75, 3.05) is 10.6 Å². The summed E-state index contributed by atoms with van der Waals surface area (Å²) in [5, 5.41) is 15.5. The third kappa shape index (κ3) is 4.31. The molecule has 0 saturated heterocycles. The number of nitrogens with one attached hydrogen (secondary N) is 2. The van der Waals surface area contributed by atoms with E-state index >= 15 is 0 Å². The fourth-order valence-electron chi connectivity index (χ4n) is 2.20. The third-order valence-corrected chi connectivity index (χ3v) is 4.04. The smallest absolute Gasteiger partial charge is 0.255 e. The molecule has 128 valence electrons. The van der Waals surface area contributed by atoms with Crippen molar-refractivity contribution in [3.63, 3.8) is 0 Å². The Labute approximate surface area is 160 Å². The van der Waals surface area contributed by atoms with E-state index in [-0.39, 0.29) is 5.91 Å². The number of aromatic nitrogens is 1. The molecule has 3 aromatic rings. The Bertz CT molecular complexity index is 997. The minimum absolute atomic E-state index is 0.320. The molecule has 0 aliphatic rings. The number of pyridine rings is 1. The Morgan fingerprint density at radius 3 is 2.50 bits per heavy atom. The summed E-state index contributed by atoms with van der Waals surface area (Å²) in [7, 11) is 0. The van der Waals surface area contributed by atoms with E-state index in [1.165, 1.54) is 6.20 Å². The normalized spacial score (nSPS) is 10.0. The van der Waals surface area contributed by atoms with Crippen molar-refractivity contribution in [2.24, 2.45) is 0 Å². The van der Waals surface area contributed by atoms with E-state index in [0.29, 0.717) is 32.7 Å². The maximum absolute atomic E-state index is 12.4. The molecule has 5 nitrogen and oxygen atoms in total. The van der Waals surface area contributed by atoms with Crippen molar-refractivity contribution < 1.29 is 4.79 Å². The van der Waals surface area contributed by atoms with Gasteiger partial charge in [-0.3, -0.25) is 4.79 Å². The second-order valence-electron chi connectivity index (χ2n) is 5.32. The highest BCUT2D eigenvalue weighted by atomic mass is 35.5. The van der Waals surface area contributed by atoms with Crippen LogP contribution in [0.5, 0.6) is 0 Å². The number of carbonyl (C=O) groups excluding carboxylic acids is 1. The summed E-state index contributed by atoms with van der Waals surface area (Å²) in [4.78, 5) is 16.6. The lowest BCUT2D eigenvalue weighted by molar-refractivity contribution is 0.102. The number of nitriles is 1. The van der Waals surface area contributed by atoms with Crippen LogP contribution in [0.4, 0.5) is 17.2 Å². The summed E-state index contributed by atoms with van der Waals surface area (Å²) in [5.41, 5.74) is 2.22. The average Bonchev–Trinajstić information content (AvgIpc) is 2.65. The molecule has 0 spiro atoms. The van der Waals surface area contributed by atoms with Crippen molar-refractivity contribution in [3.8, 4) is 6.07 Å². The van der Waals surface area contributed by atoms with Crippen LogP contribution < -0.4 is 10.6 Å². The van der Waals surface area contributed by atoms with E-state index in [9.17, 15) is 4.79 Å². The maximum Gasteiger partial charge on any atom is 0.255 e. The Morgan fingerprint density at radius 1 is 1.04 bits per heavy atom. The van der Waals surface area contributed by atoms with E-state index in [2.05, 4.69) is 21.7 Å². The van der Waals surface area contributed by atoms with Gasteiger partial charge >= 0.3 is 0 Å². The molecule has 2 N–H and O–H groups in total. The summed E-state index contributed by atoms with van der Waals surface area (Å²) in [6.45, 7) is 0. The summed E-state index contributed by atoms with van der Waals surface area (Å²) < 4.78 is 0. The Balaban J connectivity index is 1.75. The molecule has 3 rings (SSSR count). The highest BCUT2D eigenvalue weighted by Gasteiger charge is 2.10. The summed E-state index contributed by atoms with van der Waals surface area (Å²) in [5.74, 6) is 0.184. The van der Waals surface area contributed by atoms with Gasteiger partial charge in [0.25, 0.3) is 5.91 Å². The molecule has 0 aliphatic heterocycles. The zero-order valence-corrected chi connectivity index (χ0v) is 14.8. The van der Waals surface area contributed by atoms with Crippen LogP contribution in [0.25, 0.3) is 0 Å². The van der Waals surface area contributed by atoms with Crippen LogP contribution >= 0.6 is 23.2 Å². The molecule has 0 unspecified atom stereocenters. The quantitative estimate of drug-likeness (QED) is 0.645. The van der Waals surface area contributed by atoms with Crippen LogP contribution in [0.15, 0.2) is 60.8 Å². The van der Waals surface area contributed by atoms with Gasteiger partial charge in [0.15, 0.2) is 0 Å². The van der Waals surface area contributed by atoms with Crippen LogP contribution in [0, 0.1) is 11.3 Å². The first-order valence-corrected chi connectivity index (χ1v) is 8.30. The molecular weight excluding hydrogens is 371 g/mol. The van der Waals surface area contributed by atoms with E-state index in [4.69, 9.17) is 28.5 Å². The highest BCUT2D eigenvalue weighted by molar-refractivity contribution is 6.36. The molecule has 0 aliphatic carbocycles. The molecule has 0 fully saturated rings. The number of rotatable bonds is 4. The molecule has 0 saturated carbocycles. The van der Waals surface area contributed by atoms with Crippen molar-refractivity contribution >= 4 is 46.3 Å². The molecule has 2 aromatic carbocycles. The third-order valence-electron chi connectivity index (χ3n) is 3.49. The van der Waals surface area contributed by atoms with Crippen LogP contribution in [0.1, 0.15) is 15.9 Å². The summed E-state index contributed by atoms with van der Waals surface area (Å²) in [6, 6.07) is 17.0. The second kappa shape index (κ2) is 7.87. The van der Waals surface area contributed by atoms with E-state index < -0.39 is 0 Å². The van der Waals surface area contributed by atoms with Crippen LogP contribution in [0.3, 0.4) is 0 Å². The predicted octanol–water partition coefficient (Wildman–Crippen LogP) is 5.26. The van der Waals surface area contributed by atoms with Gasteiger partial charge in [-0.25, -0.2) is 4.98 Å². The number of hydrogen-bond donors (Lipinski definition) is 2. The first kappa shape index (κ1) is 17.7. The number of hydrogen-bond acceptors (Lipinski definition) is 4. The zero-order chi connectivity index (χ0) is 18.5. The number of halogens is 2. The van der Waals surface area contributed by atoms with Crippen LogP contribution in [-0.4, -0.2) is 10.9 Å². The van der Waals surface area contributed by atoms with Crippen molar-refractivity contribution in [2.45, 2.75) is 0 Å². The molecule has 0 bridgehead atoms. The molecule has 26 heavy (non-hydrogen) atoms. The molecule has 0 atom stereocenters. The van der Waals surface area contributed by atoms with Crippen LogP contribution in [-0.2, 0) is 0 Å². The number of carbonyl (C=O) groups is 1. The van der Waals surface area contributed by atoms with Gasteiger partial charge in [0.2, 0.25) is 0 Å². The summed E-state index contributed by atoms with van der Waals surface area (Å²) in [6.07, 6.45) is 1.53. The van der Waals surface area contributed by atoms with Gasteiger partial charge in [-0.15, -0.1) is 0 Å². The van der Waals surface area contributed by atoms with Gasteiger partial charge in [-0.05, 0) is 54.6 Å². The standard InChI is InChI=1S/C19H12Cl2N4O/c20-14-3-6-17(16(21)10-14)25-19(26)13-7-8-23-18(9-13)24-15-4-1-12(11-22)2-5-15/h1-10H,(H,23,24)(H,25,26). The van der Waals surface area contributed by atoms with Gasteiger partial charge in [0.05, 0.1) is 22.3 Å². The molecule has 1 amide bonds. The van der Waals surface area contributed by atoms with E-state index in [1.807, 2.05) is 0 Å². The Morgan fingerprint density at radius 2 is 1.81 bits per heavy atom. The lowest BCUT2D eigenvalue weighted by Crippen LogP contribution is -2.12. The highest BCUT2D eigenvalue weighted by Crippen LogP contribution is 2.26. The maximum atomic E-state index is 12.4. The number of anilines is 3. The Hall–Kier alpha value is -3.07. The SMILES string of the molecule is N#Cc1ccc(Nc2cc(C(=O)Nc3ccc(Cl)cc3Cl)ccn2)cc1. The topological polar surface area (TPSA) is 77.8 Å². The van der Waals surface area contributed by atoms with Crippen molar-refractivity contribution in [1.29, 1.82) is 5.26 Å². The first-order valence-electron chi connectivity index (χ1n) is 7.55. The molecule has 0 radical (unpaired) electrons. The number of benzene rings is 2. The lowest BCUT2D eigenvalue weighted by atomic mass is 10.2. The summed E-state index contributed by atoms with van der Waals surface area (Å²) >= 11 is 11.9. The van der Waals surface area contributed by atoms with Gasteiger partial charge in [-0.2, -0.15) is 5.26 Å². The zero-order valence-electron chi connectivity index (χ0n) is 13.3. The second-order valence-corrected chi connectivity index (χ2v) is 6.17. The first-order chi connectivity index (χ1) is 12.5. The van der Waals surface area contributed by atoms with Crippen LogP contribution in [0.2, 0.25) is 10.0 Å². The van der Waals surface area contributed by atoms with E-state index in [1.54, 1.807) is 54.6 Å².